The number of nitrogens with one attached hydrogen (secondary N) is 1. The third kappa shape index (κ3) is 4.81. The molecule has 0 spiro atoms. The summed E-state index contributed by atoms with van der Waals surface area (Å²) in [5.41, 5.74) is 1.28. The fourth-order valence-corrected chi connectivity index (χ4v) is 3.12. The van der Waals surface area contributed by atoms with Crippen LogP contribution in [0.15, 0.2) is 54.6 Å². The number of anilines is 1. The van der Waals surface area contributed by atoms with E-state index in [1.807, 2.05) is 36.4 Å². The molecule has 0 unspecified atom stereocenters. The van der Waals surface area contributed by atoms with Gasteiger partial charge in [-0.3, -0.25) is 9.59 Å². The lowest BCUT2D eigenvalue weighted by molar-refractivity contribution is -0.146. The Hall–Kier alpha value is -3.74. The van der Waals surface area contributed by atoms with Crippen LogP contribution in [0.2, 0.25) is 0 Å². The largest absolute Gasteiger partial charge is 0.493 e. The van der Waals surface area contributed by atoms with E-state index in [-0.39, 0.29) is 13.0 Å². The van der Waals surface area contributed by atoms with Gasteiger partial charge in [-0.25, -0.2) is 0 Å². The number of amides is 1. The Morgan fingerprint density at radius 3 is 2.20 bits per heavy atom. The van der Waals surface area contributed by atoms with E-state index in [2.05, 4.69) is 5.32 Å². The number of hydrogen-bond donors (Lipinski definition) is 1. The van der Waals surface area contributed by atoms with Gasteiger partial charge in [-0.2, -0.15) is 0 Å². The van der Waals surface area contributed by atoms with Gasteiger partial charge in [0.15, 0.2) is 18.1 Å². The Kier molecular flexibility index (Phi) is 6.75. The van der Waals surface area contributed by atoms with Crippen LogP contribution in [0.1, 0.15) is 5.56 Å². The molecule has 30 heavy (non-hydrogen) atoms. The van der Waals surface area contributed by atoms with Gasteiger partial charge in [0.2, 0.25) is 5.75 Å². The van der Waals surface area contributed by atoms with E-state index in [0.717, 1.165) is 10.8 Å². The molecule has 0 radical (unpaired) electrons. The van der Waals surface area contributed by atoms with Crippen LogP contribution in [0.3, 0.4) is 0 Å². The van der Waals surface area contributed by atoms with Crippen LogP contribution >= 0.6 is 0 Å². The number of methoxy groups -OCH3 is 3. The Morgan fingerprint density at radius 2 is 1.53 bits per heavy atom. The van der Waals surface area contributed by atoms with Crippen molar-refractivity contribution in [2.75, 3.05) is 33.3 Å². The molecule has 0 aliphatic rings. The summed E-state index contributed by atoms with van der Waals surface area (Å²) in [5.74, 6) is 0.357. The monoisotopic (exact) mass is 409 g/mol. The van der Waals surface area contributed by atoms with Crippen molar-refractivity contribution in [3.05, 3.63) is 60.2 Å². The van der Waals surface area contributed by atoms with E-state index in [1.54, 1.807) is 18.2 Å². The number of hydrogen-bond acceptors (Lipinski definition) is 6. The standard InChI is InChI=1S/C23H23NO6/c1-27-19-11-15(12-20(28-2)23(19)29-3)13-22(26)30-14-21(25)24-18-10-6-8-16-7-4-5-9-17(16)18/h4-12H,13-14H2,1-3H3,(H,24,25). The number of rotatable bonds is 8. The van der Waals surface area contributed by atoms with Gasteiger partial charge < -0.3 is 24.3 Å². The van der Waals surface area contributed by atoms with E-state index in [0.29, 0.717) is 28.5 Å². The zero-order valence-electron chi connectivity index (χ0n) is 17.1. The lowest BCUT2D eigenvalue weighted by Crippen LogP contribution is -2.21. The molecule has 0 fully saturated rings. The minimum absolute atomic E-state index is 0.0434. The maximum Gasteiger partial charge on any atom is 0.310 e. The molecule has 1 N–H and O–H groups in total. The third-order valence-corrected chi connectivity index (χ3v) is 4.50. The molecular weight excluding hydrogens is 386 g/mol. The average Bonchev–Trinajstić information content (AvgIpc) is 2.77. The number of carbonyl (C=O) groups excluding carboxylic acids is 2. The zero-order chi connectivity index (χ0) is 21.5. The highest BCUT2D eigenvalue weighted by molar-refractivity contribution is 6.02. The van der Waals surface area contributed by atoms with Gasteiger partial charge in [-0.15, -0.1) is 0 Å². The van der Waals surface area contributed by atoms with Crippen LogP contribution in [0.25, 0.3) is 10.8 Å². The van der Waals surface area contributed by atoms with Crippen LogP contribution in [-0.2, 0) is 20.7 Å². The highest BCUT2D eigenvalue weighted by atomic mass is 16.5. The summed E-state index contributed by atoms with van der Waals surface area (Å²) >= 11 is 0. The summed E-state index contributed by atoms with van der Waals surface area (Å²) in [5, 5.41) is 4.71. The molecule has 0 heterocycles. The van der Waals surface area contributed by atoms with Gasteiger partial charge in [0.25, 0.3) is 5.91 Å². The highest BCUT2D eigenvalue weighted by Crippen LogP contribution is 2.38. The second kappa shape index (κ2) is 9.65. The normalized spacial score (nSPS) is 10.4. The molecule has 0 aromatic heterocycles. The molecule has 3 aromatic carbocycles. The number of fused-ring (bicyclic) bond motifs is 1. The Morgan fingerprint density at radius 1 is 0.867 bits per heavy atom. The van der Waals surface area contributed by atoms with Gasteiger partial charge >= 0.3 is 5.97 Å². The molecule has 0 atom stereocenters. The second-order valence-corrected chi connectivity index (χ2v) is 6.45. The summed E-state index contributed by atoms with van der Waals surface area (Å²) in [6.07, 6.45) is -0.0434. The van der Waals surface area contributed by atoms with Gasteiger partial charge in [-0.1, -0.05) is 36.4 Å². The number of esters is 1. The van der Waals surface area contributed by atoms with Crippen molar-refractivity contribution in [1.82, 2.24) is 0 Å². The first-order valence-corrected chi connectivity index (χ1v) is 9.27. The van der Waals surface area contributed by atoms with Crippen molar-refractivity contribution in [1.29, 1.82) is 0 Å². The van der Waals surface area contributed by atoms with Crippen molar-refractivity contribution < 1.29 is 28.5 Å². The summed E-state index contributed by atoms with van der Waals surface area (Å²) < 4.78 is 21.0. The van der Waals surface area contributed by atoms with Crippen molar-refractivity contribution in [2.24, 2.45) is 0 Å². The van der Waals surface area contributed by atoms with Gasteiger partial charge in [0.05, 0.1) is 27.8 Å². The summed E-state index contributed by atoms with van der Waals surface area (Å²) in [6.45, 7) is -0.382. The molecule has 0 saturated heterocycles. The van der Waals surface area contributed by atoms with Crippen molar-refractivity contribution in [2.45, 2.75) is 6.42 Å². The molecule has 1 amide bonds. The van der Waals surface area contributed by atoms with Crippen molar-refractivity contribution in [3.63, 3.8) is 0 Å². The third-order valence-electron chi connectivity index (χ3n) is 4.50. The Labute approximate surface area is 174 Å². The van der Waals surface area contributed by atoms with Crippen molar-refractivity contribution >= 4 is 28.3 Å². The summed E-state index contributed by atoms with van der Waals surface area (Å²) in [6, 6.07) is 16.7. The molecule has 0 aliphatic carbocycles. The van der Waals surface area contributed by atoms with E-state index >= 15 is 0 Å². The molecule has 156 valence electrons. The highest BCUT2D eigenvalue weighted by Gasteiger charge is 2.16. The van der Waals surface area contributed by atoms with Crippen LogP contribution in [-0.4, -0.2) is 39.8 Å². The molecule has 3 aromatic rings. The maximum absolute atomic E-state index is 12.3. The molecule has 7 nitrogen and oxygen atoms in total. The van der Waals surface area contributed by atoms with E-state index in [9.17, 15) is 9.59 Å². The Bertz CT molecular complexity index is 1030. The first kappa shape index (κ1) is 21.0. The number of carbonyl (C=O) groups is 2. The topological polar surface area (TPSA) is 83.1 Å². The fourth-order valence-electron chi connectivity index (χ4n) is 3.12. The molecule has 7 heteroatoms. The lowest BCUT2D eigenvalue weighted by atomic mass is 10.1. The van der Waals surface area contributed by atoms with Crippen LogP contribution in [0.4, 0.5) is 5.69 Å². The predicted molar refractivity (Wildman–Crippen MR) is 113 cm³/mol. The molecule has 3 rings (SSSR count). The SMILES string of the molecule is COc1cc(CC(=O)OCC(=O)Nc2cccc3ccccc23)cc(OC)c1OC. The van der Waals surface area contributed by atoms with E-state index in [4.69, 9.17) is 18.9 Å². The minimum atomic E-state index is -0.544. The van der Waals surface area contributed by atoms with Crippen LogP contribution in [0, 0.1) is 0 Å². The quantitative estimate of drug-likeness (QED) is 0.573. The van der Waals surface area contributed by atoms with Gasteiger partial charge in [0.1, 0.15) is 0 Å². The zero-order valence-corrected chi connectivity index (χ0v) is 17.1. The van der Waals surface area contributed by atoms with E-state index in [1.165, 1.54) is 21.3 Å². The fraction of sp³-hybridized carbons (Fsp3) is 0.217. The van der Waals surface area contributed by atoms with Gasteiger partial charge in [0, 0.05) is 11.1 Å². The molecule has 0 saturated carbocycles. The number of ether oxygens (including phenoxy) is 4. The molecule has 0 bridgehead atoms. The van der Waals surface area contributed by atoms with Gasteiger partial charge in [-0.05, 0) is 29.1 Å². The van der Waals surface area contributed by atoms with E-state index < -0.39 is 11.9 Å². The first-order chi connectivity index (χ1) is 14.5. The molecular formula is C23H23NO6. The molecule has 0 aliphatic heterocycles. The smallest absolute Gasteiger partial charge is 0.310 e. The lowest BCUT2D eigenvalue weighted by Gasteiger charge is -2.14. The summed E-state index contributed by atoms with van der Waals surface area (Å²) in [4.78, 5) is 24.5. The van der Waals surface area contributed by atoms with Crippen molar-refractivity contribution in [3.8, 4) is 17.2 Å². The second-order valence-electron chi connectivity index (χ2n) is 6.45. The maximum atomic E-state index is 12.3. The average molecular weight is 409 g/mol. The summed E-state index contributed by atoms with van der Waals surface area (Å²) in [7, 11) is 4.50. The minimum Gasteiger partial charge on any atom is -0.493 e. The predicted octanol–water partition coefficient (Wildman–Crippen LogP) is 3.59. The first-order valence-electron chi connectivity index (χ1n) is 9.27. The Balaban J connectivity index is 1.61. The van der Waals surface area contributed by atoms with Crippen LogP contribution in [0.5, 0.6) is 17.2 Å². The van der Waals surface area contributed by atoms with Crippen LogP contribution < -0.4 is 19.5 Å². The number of benzene rings is 3.